The Morgan fingerprint density at radius 1 is 1.36 bits per heavy atom. The van der Waals surface area contributed by atoms with Crippen molar-refractivity contribution in [2.45, 2.75) is 39.7 Å². The highest BCUT2D eigenvalue weighted by atomic mass is 32.1. The number of amides is 1. The van der Waals surface area contributed by atoms with Crippen LogP contribution >= 0.6 is 11.3 Å². The minimum Gasteiger partial charge on any atom is -0.327 e. The van der Waals surface area contributed by atoms with Crippen LogP contribution in [0, 0.1) is 25.2 Å². The Balaban J connectivity index is 1.82. The maximum atomic E-state index is 12.6. The van der Waals surface area contributed by atoms with E-state index in [1.807, 2.05) is 25.3 Å². The molecule has 5 nitrogen and oxygen atoms in total. The number of nitriles is 1. The SMILES string of the molecule is Cc1c(C#N)c(NC(=O)C[NH+]2CCCCC2)n(Cc2cccs2)c1C. The predicted octanol–water partition coefficient (Wildman–Crippen LogP) is 2.09. The molecule has 0 bridgehead atoms. The van der Waals surface area contributed by atoms with Crippen molar-refractivity contribution in [1.29, 1.82) is 5.26 Å². The molecule has 1 amide bonds. The average molecular weight is 358 g/mol. The van der Waals surface area contributed by atoms with E-state index in [0.29, 0.717) is 24.5 Å². The molecule has 0 aliphatic carbocycles. The first-order valence-electron chi connectivity index (χ1n) is 8.85. The number of thiophene rings is 1. The molecule has 0 radical (unpaired) electrons. The lowest BCUT2D eigenvalue weighted by molar-refractivity contribution is -0.896. The third-order valence-electron chi connectivity index (χ3n) is 5.06. The van der Waals surface area contributed by atoms with Crippen LogP contribution in [0.3, 0.4) is 0 Å². The molecule has 1 saturated heterocycles. The molecule has 3 rings (SSSR count). The number of nitrogens with one attached hydrogen (secondary N) is 2. The Hall–Kier alpha value is -2.10. The van der Waals surface area contributed by atoms with Gasteiger partial charge in [0, 0.05) is 10.6 Å². The summed E-state index contributed by atoms with van der Waals surface area (Å²) in [6, 6.07) is 6.38. The summed E-state index contributed by atoms with van der Waals surface area (Å²) in [6.07, 6.45) is 3.66. The Morgan fingerprint density at radius 3 is 2.76 bits per heavy atom. The van der Waals surface area contributed by atoms with Gasteiger partial charge in [-0.05, 0) is 50.1 Å². The van der Waals surface area contributed by atoms with Gasteiger partial charge in [0.25, 0.3) is 5.91 Å². The molecule has 1 fully saturated rings. The van der Waals surface area contributed by atoms with Crippen molar-refractivity contribution >= 4 is 23.1 Å². The van der Waals surface area contributed by atoms with Crippen molar-refractivity contribution in [3.63, 3.8) is 0 Å². The summed E-state index contributed by atoms with van der Waals surface area (Å²) < 4.78 is 2.06. The molecule has 0 spiro atoms. The fourth-order valence-corrected chi connectivity index (χ4v) is 4.21. The van der Waals surface area contributed by atoms with Crippen LogP contribution in [0.25, 0.3) is 0 Å². The summed E-state index contributed by atoms with van der Waals surface area (Å²) in [7, 11) is 0. The highest BCUT2D eigenvalue weighted by Crippen LogP contribution is 2.28. The topological polar surface area (TPSA) is 62.3 Å². The van der Waals surface area contributed by atoms with E-state index < -0.39 is 0 Å². The zero-order valence-electron chi connectivity index (χ0n) is 14.9. The maximum Gasteiger partial charge on any atom is 0.280 e. The zero-order chi connectivity index (χ0) is 17.8. The van der Waals surface area contributed by atoms with Gasteiger partial charge in [-0.15, -0.1) is 11.3 Å². The van der Waals surface area contributed by atoms with Crippen LogP contribution < -0.4 is 10.2 Å². The predicted molar refractivity (Wildman–Crippen MR) is 100 cm³/mol. The van der Waals surface area contributed by atoms with Crippen molar-refractivity contribution in [2.24, 2.45) is 0 Å². The van der Waals surface area contributed by atoms with E-state index in [1.54, 1.807) is 11.3 Å². The molecule has 1 aliphatic rings. The third-order valence-corrected chi connectivity index (χ3v) is 5.93. The summed E-state index contributed by atoms with van der Waals surface area (Å²) in [5, 5.41) is 14.7. The number of nitrogens with zero attached hydrogens (tertiary/aromatic N) is 2. The number of quaternary nitrogens is 1. The first kappa shape index (κ1) is 17.7. The van der Waals surface area contributed by atoms with E-state index in [4.69, 9.17) is 0 Å². The molecule has 0 saturated carbocycles. The fraction of sp³-hybridized carbons (Fsp3) is 0.474. The molecule has 0 aromatic carbocycles. The number of anilines is 1. The highest BCUT2D eigenvalue weighted by molar-refractivity contribution is 7.09. The fourth-order valence-electron chi connectivity index (χ4n) is 3.52. The molecule has 6 heteroatoms. The van der Waals surface area contributed by atoms with Crippen molar-refractivity contribution in [2.75, 3.05) is 25.0 Å². The van der Waals surface area contributed by atoms with Gasteiger partial charge in [0.05, 0.1) is 25.2 Å². The zero-order valence-corrected chi connectivity index (χ0v) is 15.7. The van der Waals surface area contributed by atoms with Gasteiger partial charge in [0.15, 0.2) is 6.54 Å². The summed E-state index contributed by atoms with van der Waals surface area (Å²) in [6.45, 7) is 7.24. The smallest absolute Gasteiger partial charge is 0.280 e. The third kappa shape index (κ3) is 3.94. The van der Waals surface area contributed by atoms with Crippen molar-refractivity contribution in [3.05, 3.63) is 39.2 Å². The van der Waals surface area contributed by atoms with Crippen LogP contribution in [0.1, 0.15) is 41.0 Å². The Kier molecular flexibility index (Phi) is 5.57. The minimum absolute atomic E-state index is 0.00155. The second-order valence-corrected chi connectivity index (χ2v) is 7.78. The monoisotopic (exact) mass is 357 g/mol. The molecule has 2 aromatic rings. The van der Waals surface area contributed by atoms with Gasteiger partial charge in [-0.1, -0.05) is 6.07 Å². The lowest BCUT2D eigenvalue weighted by Crippen LogP contribution is -3.13. The van der Waals surface area contributed by atoms with Gasteiger partial charge in [-0.3, -0.25) is 4.79 Å². The van der Waals surface area contributed by atoms with Crippen LogP contribution in [0.15, 0.2) is 17.5 Å². The summed E-state index contributed by atoms with van der Waals surface area (Å²) in [4.78, 5) is 15.1. The second-order valence-electron chi connectivity index (χ2n) is 6.75. The largest absolute Gasteiger partial charge is 0.327 e. The first-order valence-corrected chi connectivity index (χ1v) is 9.73. The quantitative estimate of drug-likeness (QED) is 0.861. The molecule has 1 aliphatic heterocycles. The van der Waals surface area contributed by atoms with Crippen LogP contribution in [0.5, 0.6) is 0 Å². The van der Waals surface area contributed by atoms with E-state index in [-0.39, 0.29) is 5.91 Å². The normalized spacial score (nSPS) is 15.1. The molecular weight excluding hydrogens is 332 g/mol. The number of hydrogen-bond donors (Lipinski definition) is 2. The Labute approximate surface area is 152 Å². The average Bonchev–Trinajstić information content (AvgIpc) is 3.19. The standard InChI is InChI=1S/C19H24N4OS/c1-14-15(2)23(12-16-7-6-10-25-16)19(17(14)11-20)21-18(24)13-22-8-4-3-5-9-22/h6-7,10H,3-5,8-9,12-13H2,1-2H3,(H,21,24)/p+1. The van der Waals surface area contributed by atoms with Crippen molar-refractivity contribution in [3.8, 4) is 6.07 Å². The van der Waals surface area contributed by atoms with E-state index in [1.165, 1.54) is 29.0 Å². The van der Waals surface area contributed by atoms with E-state index >= 15 is 0 Å². The molecular formula is C19H25N4OS+. The summed E-state index contributed by atoms with van der Waals surface area (Å²) in [5.74, 6) is 0.644. The molecule has 0 atom stereocenters. The van der Waals surface area contributed by atoms with Gasteiger partial charge in [0.1, 0.15) is 11.9 Å². The number of hydrogen-bond acceptors (Lipinski definition) is 3. The molecule has 0 unspecified atom stereocenters. The van der Waals surface area contributed by atoms with Gasteiger partial charge in [-0.2, -0.15) is 5.26 Å². The van der Waals surface area contributed by atoms with Crippen molar-refractivity contribution in [1.82, 2.24) is 4.57 Å². The minimum atomic E-state index is -0.00155. The Morgan fingerprint density at radius 2 is 2.12 bits per heavy atom. The van der Waals surface area contributed by atoms with Crippen LogP contribution in [-0.4, -0.2) is 30.1 Å². The van der Waals surface area contributed by atoms with Gasteiger partial charge in [0.2, 0.25) is 0 Å². The van der Waals surface area contributed by atoms with Crippen LogP contribution in [0.4, 0.5) is 5.82 Å². The van der Waals surface area contributed by atoms with E-state index in [9.17, 15) is 10.1 Å². The van der Waals surface area contributed by atoms with E-state index in [2.05, 4.69) is 22.0 Å². The molecule has 2 aromatic heterocycles. The number of likely N-dealkylation sites (tertiary alicyclic amines) is 1. The number of piperidine rings is 1. The lowest BCUT2D eigenvalue weighted by atomic mass is 10.1. The second kappa shape index (κ2) is 7.85. The van der Waals surface area contributed by atoms with Gasteiger partial charge in [-0.25, -0.2) is 0 Å². The summed E-state index contributed by atoms with van der Waals surface area (Å²) in [5.41, 5.74) is 2.56. The van der Waals surface area contributed by atoms with Gasteiger partial charge >= 0.3 is 0 Å². The molecule has 3 heterocycles. The van der Waals surface area contributed by atoms with Crippen LogP contribution in [0.2, 0.25) is 0 Å². The first-order chi connectivity index (χ1) is 12.1. The number of aromatic nitrogens is 1. The van der Waals surface area contributed by atoms with Crippen LogP contribution in [-0.2, 0) is 11.3 Å². The van der Waals surface area contributed by atoms with Crippen molar-refractivity contribution < 1.29 is 9.69 Å². The maximum absolute atomic E-state index is 12.6. The highest BCUT2D eigenvalue weighted by Gasteiger charge is 2.22. The van der Waals surface area contributed by atoms with E-state index in [0.717, 1.165) is 24.3 Å². The van der Waals surface area contributed by atoms with Gasteiger partial charge < -0.3 is 14.8 Å². The lowest BCUT2D eigenvalue weighted by Gasteiger charge is -2.23. The number of rotatable bonds is 5. The molecule has 25 heavy (non-hydrogen) atoms. The molecule has 2 N–H and O–H groups in total. The Bertz CT molecular complexity index is 779. The number of carbonyl (C=O) groups excluding carboxylic acids is 1. The number of carbonyl (C=O) groups is 1. The molecule has 132 valence electrons. The summed E-state index contributed by atoms with van der Waals surface area (Å²) >= 11 is 1.68.